The van der Waals surface area contributed by atoms with Gasteiger partial charge < -0.3 is 10.8 Å². The summed E-state index contributed by atoms with van der Waals surface area (Å²) in [6.45, 7) is 0. The number of carboxylic acid groups (broad SMARTS) is 1. The lowest BCUT2D eigenvalue weighted by atomic mass is 9.75. The summed E-state index contributed by atoms with van der Waals surface area (Å²) >= 11 is 3.54. The SMILES string of the molecule is NC1(C(=O)O)CCC(c2ccccc2Br)CC1. The van der Waals surface area contributed by atoms with Crippen LogP contribution < -0.4 is 5.73 Å². The predicted octanol–water partition coefficient (Wildman–Crippen LogP) is 2.89. The fourth-order valence-corrected chi connectivity index (χ4v) is 3.07. The molecule has 1 aromatic carbocycles. The lowest BCUT2D eigenvalue weighted by molar-refractivity contribution is -0.144. The minimum Gasteiger partial charge on any atom is -0.480 e. The molecule has 0 amide bonds. The van der Waals surface area contributed by atoms with E-state index in [1.165, 1.54) is 5.56 Å². The number of carbonyl (C=O) groups is 1. The highest BCUT2D eigenvalue weighted by atomic mass is 79.9. The summed E-state index contributed by atoms with van der Waals surface area (Å²) in [5, 5.41) is 9.07. The molecule has 0 radical (unpaired) electrons. The van der Waals surface area contributed by atoms with Gasteiger partial charge in [-0.1, -0.05) is 34.1 Å². The first-order valence-electron chi connectivity index (χ1n) is 5.80. The Morgan fingerprint density at radius 1 is 1.35 bits per heavy atom. The molecule has 3 nitrogen and oxygen atoms in total. The Morgan fingerprint density at radius 2 is 1.94 bits per heavy atom. The van der Waals surface area contributed by atoms with Gasteiger partial charge in [0.25, 0.3) is 0 Å². The van der Waals surface area contributed by atoms with Crippen LogP contribution in [0.2, 0.25) is 0 Å². The summed E-state index contributed by atoms with van der Waals surface area (Å²) in [5.74, 6) is -0.454. The summed E-state index contributed by atoms with van der Waals surface area (Å²) in [7, 11) is 0. The number of benzene rings is 1. The number of carboxylic acids is 1. The van der Waals surface area contributed by atoms with E-state index in [0.717, 1.165) is 17.3 Å². The molecule has 0 heterocycles. The molecule has 0 aliphatic heterocycles. The van der Waals surface area contributed by atoms with Gasteiger partial charge in [-0.05, 0) is 43.2 Å². The molecular formula is C13H16BrNO2. The van der Waals surface area contributed by atoms with Crippen LogP contribution in [0.3, 0.4) is 0 Å². The normalized spacial score (nSPS) is 28.9. The third-order valence-corrected chi connectivity index (χ3v) is 4.37. The average molecular weight is 298 g/mol. The van der Waals surface area contributed by atoms with Crippen molar-refractivity contribution in [3.8, 4) is 0 Å². The van der Waals surface area contributed by atoms with Gasteiger partial charge in [0.1, 0.15) is 5.54 Å². The Bertz CT molecular complexity index is 425. The average Bonchev–Trinajstić information content (AvgIpc) is 2.31. The second-order valence-electron chi connectivity index (χ2n) is 4.76. The van der Waals surface area contributed by atoms with Gasteiger partial charge in [-0.2, -0.15) is 0 Å². The van der Waals surface area contributed by atoms with Crippen LogP contribution in [0.5, 0.6) is 0 Å². The van der Waals surface area contributed by atoms with E-state index in [2.05, 4.69) is 22.0 Å². The molecule has 0 bridgehead atoms. The summed E-state index contributed by atoms with van der Waals surface area (Å²) in [6, 6.07) is 8.12. The van der Waals surface area contributed by atoms with Crippen molar-refractivity contribution in [2.45, 2.75) is 37.1 Å². The van der Waals surface area contributed by atoms with Gasteiger partial charge in [-0.15, -0.1) is 0 Å². The number of nitrogens with two attached hydrogens (primary N) is 1. The predicted molar refractivity (Wildman–Crippen MR) is 69.9 cm³/mol. The van der Waals surface area contributed by atoms with Crippen LogP contribution in [-0.4, -0.2) is 16.6 Å². The topological polar surface area (TPSA) is 63.3 Å². The fourth-order valence-electron chi connectivity index (χ4n) is 2.46. The van der Waals surface area contributed by atoms with Crippen molar-refractivity contribution in [3.05, 3.63) is 34.3 Å². The second-order valence-corrected chi connectivity index (χ2v) is 5.61. The maximum absolute atomic E-state index is 11.1. The van der Waals surface area contributed by atoms with E-state index < -0.39 is 11.5 Å². The molecule has 0 spiro atoms. The van der Waals surface area contributed by atoms with Crippen molar-refractivity contribution in [1.82, 2.24) is 0 Å². The first-order chi connectivity index (χ1) is 8.03. The molecule has 1 aliphatic carbocycles. The molecule has 0 unspecified atom stereocenters. The summed E-state index contributed by atoms with van der Waals surface area (Å²) in [4.78, 5) is 11.1. The molecule has 92 valence electrons. The van der Waals surface area contributed by atoms with Gasteiger partial charge in [0.15, 0.2) is 0 Å². The van der Waals surface area contributed by atoms with E-state index in [1.807, 2.05) is 18.2 Å². The van der Waals surface area contributed by atoms with Gasteiger partial charge in [0.2, 0.25) is 0 Å². The Hall–Kier alpha value is -0.870. The molecule has 2 rings (SSSR count). The second kappa shape index (κ2) is 4.78. The summed E-state index contributed by atoms with van der Waals surface area (Å²) in [6.07, 6.45) is 2.78. The largest absolute Gasteiger partial charge is 0.480 e. The van der Waals surface area contributed by atoms with Crippen LogP contribution in [0.4, 0.5) is 0 Å². The van der Waals surface area contributed by atoms with Crippen molar-refractivity contribution in [3.63, 3.8) is 0 Å². The lowest BCUT2D eigenvalue weighted by Crippen LogP contribution is -2.50. The first-order valence-corrected chi connectivity index (χ1v) is 6.59. The summed E-state index contributed by atoms with van der Waals surface area (Å²) in [5.41, 5.74) is 6.12. The number of halogens is 1. The van der Waals surface area contributed by atoms with Gasteiger partial charge in [0, 0.05) is 4.47 Å². The highest BCUT2D eigenvalue weighted by Gasteiger charge is 2.38. The van der Waals surface area contributed by atoms with Gasteiger partial charge >= 0.3 is 5.97 Å². The number of hydrogen-bond donors (Lipinski definition) is 2. The summed E-state index contributed by atoms with van der Waals surface area (Å²) < 4.78 is 1.10. The fraction of sp³-hybridized carbons (Fsp3) is 0.462. The van der Waals surface area contributed by atoms with Crippen LogP contribution in [0.15, 0.2) is 28.7 Å². The monoisotopic (exact) mass is 297 g/mol. The number of aliphatic carboxylic acids is 1. The highest BCUT2D eigenvalue weighted by Crippen LogP contribution is 2.39. The van der Waals surface area contributed by atoms with Crippen LogP contribution in [0.1, 0.15) is 37.2 Å². The van der Waals surface area contributed by atoms with Crippen molar-refractivity contribution in [2.24, 2.45) is 5.73 Å². The van der Waals surface area contributed by atoms with Crippen molar-refractivity contribution in [1.29, 1.82) is 0 Å². The van der Waals surface area contributed by atoms with Crippen molar-refractivity contribution in [2.75, 3.05) is 0 Å². The molecule has 1 aliphatic rings. The Morgan fingerprint density at radius 3 is 2.47 bits per heavy atom. The van der Waals surface area contributed by atoms with Gasteiger partial charge in [-0.3, -0.25) is 4.79 Å². The van der Waals surface area contributed by atoms with Crippen molar-refractivity contribution < 1.29 is 9.90 Å². The number of hydrogen-bond acceptors (Lipinski definition) is 2. The molecule has 0 saturated heterocycles. The zero-order valence-corrected chi connectivity index (χ0v) is 11.1. The maximum atomic E-state index is 11.1. The molecular weight excluding hydrogens is 282 g/mol. The minimum atomic E-state index is -1.02. The molecule has 0 aromatic heterocycles. The number of rotatable bonds is 2. The zero-order chi connectivity index (χ0) is 12.5. The van der Waals surface area contributed by atoms with E-state index in [9.17, 15) is 4.79 Å². The van der Waals surface area contributed by atoms with Gasteiger partial charge in [0.05, 0.1) is 0 Å². The third kappa shape index (κ3) is 2.53. The Labute approximate surface area is 109 Å². The third-order valence-electron chi connectivity index (χ3n) is 3.65. The van der Waals surface area contributed by atoms with Gasteiger partial charge in [-0.25, -0.2) is 0 Å². The van der Waals surface area contributed by atoms with Crippen LogP contribution in [0, 0.1) is 0 Å². The van der Waals surface area contributed by atoms with Crippen molar-refractivity contribution >= 4 is 21.9 Å². The van der Waals surface area contributed by atoms with E-state index in [4.69, 9.17) is 10.8 Å². The molecule has 0 atom stereocenters. The highest BCUT2D eigenvalue weighted by molar-refractivity contribution is 9.10. The molecule has 4 heteroatoms. The maximum Gasteiger partial charge on any atom is 0.323 e. The van der Waals surface area contributed by atoms with Crippen LogP contribution in [0.25, 0.3) is 0 Å². The first kappa shape index (κ1) is 12.6. The van der Waals surface area contributed by atoms with E-state index in [1.54, 1.807) is 0 Å². The zero-order valence-electron chi connectivity index (χ0n) is 9.53. The molecule has 1 fully saturated rings. The van der Waals surface area contributed by atoms with E-state index >= 15 is 0 Å². The molecule has 17 heavy (non-hydrogen) atoms. The Balaban J connectivity index is 2.10. The smallest absolute Gasteiger partial charge is 0.323 e. The minimum absolute atomic E-state index is 0.418. The van der Waals surface area contributed by atoms with Crippen LogP contribution >= 0.6 is 15.9 Å². The quantitative estimate of drug-likeness (QED) is 0.882. The molecule has 1 aromatic rings. The molecule has 1 saturated carbocycles. The Kier molecular flexibility index (Phi) is 3.54. The van der Waals surface area contributed by atoms with E-state index in [0.29, 0.717) is 18.8 Å². The standard InChI is InChI=1S/C13H16BrNO2/c14-11-4-2-1-3-10(11)9-5-7-13(15,8-6-9)12(16)17/h1-4,9H,5-8,15H2,(H,16,17). The lowest BCUT2D eigenvalue weighted by Gasteiger charge is -2.34. The van der Waals surface area contributed by atoms with Crippen LogP contribution in [-0.2, 0) is 4.79 Å². The molecule has 3 N–H and O–H groups in total. The van der Waals surface area contributed by atoms with E-state index in [-0.39, 0.29) is 0 Å².